The van der Waals surface area contributed by atoms with E-state index in [0.717, 1.165) is 4.88 Å². The van der Waals surface area contributed by atoms with E-state index in [0.29, 0.717) is 24.2 Å². The number of aryl methyl sites for hydroxylation is 1. The van der Waals surface area contributed by atoms with Crippen LogP contribution in [0.1, 0.15) is 17.4 Å². The lowest BCUT2D eigenvalue weighted by Crippen LogP contribution is -2.26. The van der Waals surface area contributed by atoms with Gasteiger partial charge in [0, 0.05) is 24.0 Å². The molecular weight excluding hydrogens is 320 g/mol. The topological polar surface area (TPSA) is 75.3 Å². The molecule has 0 fully saturated rings. The van der Waals surface area contributed by atoms with Crippen molar-refractivity contribution in [2.75, 3.05) is 11.9 Å². The lowest BCUT2D eigenvalue weighted by Gasteiger charge is -2.11. The molecule has 0 saturated carbocycles. The quantitative estimate of drug-likeness (QED) is 0.850. The first-order valence-corrected chi connectivity index (χ1v) is 9.15. The van der Waals surface area contributed by atoms with E-state index < -0.39 is 10.0 Å². The maximum Gasteiger partial charge on any atom is 0.240 e. The van der Waals surface area contributed by atoms with Crippen molar-refractivity contribution in [1.82, 2.24) is 4.72 Å². The summed E-state index contributed by atoms with van der Waals surface area (Å²) in [4.78, 5) is 12.4. The van der Waals surface area contributed by atoms with Crippen LogP contribution in [0.3, 0.4) is 0 Å². The highest BCUT2D eigenvalue weighted by molar-refractivity contribution is 7.89. The summed E-state index contributed by atoms with van der Waals surface area (Å²) < 4.78 is 27.4. The number of thiophene rings is 1. The fraction of sp³-hybridized carbons (Fsp3) is 0.267. The van der Waals surface area contributed by atoms with Gasteiger partial charge in [-0.25, -0.2) is 13.1 Å². The summed E-state index contributed by atoms with van der Waals surface area (Å²) >= 11 is 1.60. The summed E-state index contributed by atoms with van der Waals surface area (Å²) in [6, 6.07) is 8.75. The van der Waals surface area contributed by atoms with Crippen LogP contribution in [0.15, 0.2) is 40.6 Å². The van der Waals surface area contributed by atoms with E-state index >= 15 is 0 Å². The van der Waals surface area contributed by atoms with Crippen molar-refractivity contribution in [3.05, 3.63) is 46.2 Å². The third-order valence-corrected chi connectivity index (χ3v) is 5.58. The number of benzene rings is 1. The van der Waals surface area contributed by atoms with Crippen molar-refractivity contribution in [3.63, 3.8) is 0 Å². The average molecular weight is 338 g/mol. The number of carbonyl (C=O) groups is 1. The Kier molecular flexibility index (Phi) is 5.33. The highest BCUT2D eigenvalue weighted by Gasteiger charge is 2.17. The molecule has 2 aromatic rings. The molecule has 1 aromatic carbocycles. The van der Waals surface area contributed by atoms with E-state index in [1.807, 2.05) is 17.5 Å². The van der Waals surface area contributed by atoms with Crippen LogP contribution in [0.5, 0.6) is 0 Å². The second-order valence-electron chi connectivity index (χ2n) is 4.89. The fourth-order valence-corrected chi connectivity index (χ4v) is 4.02. The molecule has 2 rings (SSSR count). The van der Waals surface area contributed by atoms with Gasteiger partial charge in [-0.15, -0.1) is 11.3 Å². The third-order valence-electron chi connectivity index (χ3n) is 3.04. The molecule has 118 valence electrons. The summed E-state index contributed by atoms with van der Waals surface area (Å²) in [5.41, 5.74) is 1.11. The lowest BCUT2D eigenvalue weighted by atomic mass is 10.2. The third kappa shape index (κ3) is 4.40. The summed E-state index contributed by atoms with van der Waals surface area (Å²) in [5.74, 6) is -0.238. The van der Waals surface area contributed by atoms with Crippen molar-refractivity contribution >= 4 is 33.0 Å². The normalized spacial score (nSPS) is 11.4. The maximum absolute atomic E-state index is 12.4. The number of sulfonamides is 1. The average Bonchev–Trinajstić information content (AvgIpc) is 2.93. The Balaban J connectivity index is 2.12. The van der Waals surface area contributed by atoms with Gasteiger partial charge in [-0.1, -0.05) is 12.1 Å². The van der Waals surface area contributed by atoms with Gasteiger partial charge >= 0.3 is 0 Å². The van der Waals surface area contributed by atoms with E-state index in [-0.39, 0.29) is 10.8 Å². The minimum absolute atomic E-state index is 0.185. The van der Waals surface area contributed by atoms with Crippen LogP contribution in [0.2, 0.25) is 0 Å². The van der Waals surface area contributed by atoms with Crippen molar-refractivity contribution in [2.45, 2.75) is 25.2 Å². The molecule has 0 aliphatic rings. The van der Waals surface area contributed by atoms with E-state index in [4.69, 9.17) is 0 Å². The zero-order valence-corrected chi connectivity index (χ0v) is 14.1. The van der Waals surface area contributed by atoms with Gasteiger partial charge in [0.15, 0.2) is 0 Å². The number of amides is 1. The van der Waals surface area contributed by atoms with Gasteiger partial charge in [0.25, 0.3) is 0 Å². The molecule has 0 spiro atoms. The summed E-state index contributed by atoms with van der Waals surface area (Å²) in [6.45, 7) is 3.45. The van der Waals surface area contributed by atoms with Crippen LogP contribution in [-0.2, 0) is 21.2 Å². The number of carbonyl (C=O) groups excluding carboxylic acids is 1. The van der Waals surface area contributed by atoms with E-state index in [1.165, 1.54) is 13.0 Å². The van der Waals surface area contributed by atoms with Gasteiger partial charge < -0.3 is 5.32 Å². The standard InChI is InChI=1S/C15H18N2O3S2/c1-11-5-6-13(17-12(2)18)10-15(11)22(19,20)16-8-7-14-4-3-9-21-14/h3-6,9-10,16H,7-8H2,1-2H3,(H,17,18). The fourth-order valence-electron chi connectivity index (χ4n) is 2.01. The molecule has 7 heteroatoms. The Morgan fingerprint density at radius 1 is 1.27 bits per heavy atom. The monoisotopic (exact) mass is 338 g/mol. The van der Waals surface area contributed by atoms with Gasteiger partial charge in [-0.3, -0.25) is 4.79 Å². The molecule has 0 radical (unpaired) electrons. The molecule has 0 bridgehead atoms. The predicted molar refractivity (Wildman–Crippen MR) is 88.7 cm³/mol. The predicted octanol–water partition coefficient (Wildman–Crippen LogP) is 2.54. The molecular formula is C15H18N2O3S2. The molecule has 0 saturated heterocycles. The van der Waals surface area contributed by atoms with Crippen molar-refractivity contribution in [3.8, 4) is 0 Å². The molecule has 1 aromatic heterocycles. The lowest BCUT2D eigenvalue weighted by molar-refractivity contribution is -0.114. The van der Waals surface area contributed by atoms with E-state index in [9.17, 15) is 13.2 Å². The van der Waals surface area contributed by atoms with Crippen molar-refractivity contribution in [2.24, 2.45) is 0 Å². The SMILES string of the molecule is CC(=O)Nc1ccc(C)c(S(=O)(=O)NCCc2cccs2)c1. The Bertz CT molecular complexity index is 753. The Morgan fingerprint density at radius 2 is 2.05 bits per heavy atom. The number of nitrogens with one attached hydrogen (secondary N) is 2. The number of anilines is 1. The van der Waals surface area contributed by atoms with Gasteiger partial charge in [0.05, 0.1) is 4.90 Å². The van der Waals surface area contributed by atoms with Crippen LogP contribution in [0.25, 0.3) is 0 Å². The second kappa shape index (κ2) is 7.04. The van der Waals surface area contributed by atoms with Crippen LogP contribution in [0, 0.1) is 6.92 Å². The van der Waals surface area contributed by atoms with Crippen LogP contribution < -0.4 is 10.0 Å². The van der Waals surface area contributed by atoms with Crippen molar-refractivity contribution < 1.29 is 13.2 Å². The minimum atomic E-state index is -3.60. The molecule has 1 heterocycles. The van der Waals surface area contributed by atoms with Crippen molar-refractivity contribution in [1.29, 1.82) is 0 Å². The summed E-state index contributed by atoms with van der Waals surface area (Å²) in [6.07, 6.45) is 0.654. The Labute approximate surface area is 134 Å². The molecule has 22 heavy (non-hydrogen) atoms. The maximum atomic E-state index is 12.4. The van der Waals surface area contributed by atoms with Crippen LogP contribution >= 0.6 is 11.3 Å². The Hall–Kier alpha value is -1.70. The first-order valence-electron chi connectivity index (χ1n) is 6.79. The molecule has 0 aliphatic carbocycles. The first-order chi connectivity index (χ1) is 10.4. The minimum Gasteiger partial charge on any atom is -0.326 e. The summed E-state index contributed by atoms with van der Waals surface area (Å²) in [5, 5.41) is 4.56. The highest BCUT2D eigenvalue weighted by atomic mass is 32.2. The van der Waals surface area contributed by atoms with Crippen LogP contribution in [0.4, 0.5) is 5.69 Å². The Morgan fingerprint density at radius 3 is 2.68 bits per heavy atom. The molecule has 2 N–H and O–H groups in total. The van der Waals surface area contributed by atoms with Gasteiger partial charge in [-0.2, -0.15) is 0 Å². The summed E-state index contributed by atoms with van der Waals surface area (Å²) in [7, 11) is -3.60. The molecule has 1 amide bonds. The largest absolute Gasteiger partial charge is 0.326 e. The first kappa shape index (κ1) is 16.7. The smallest absolute Gasteiger partial charge is 0.240 e. The van der Waals surface area contributed by atoms with Gasteiger partial charge in [-0.05, 0) is 42.5 Å². The zero-order chi connectivity index (χ0) is 16.2. The molecule has 5 nitrogen and oxygen atoms in total. The van der Waals surface area contributed by atoms with Gasteiger partial charge in [0.1, 0.15) is 0 Å². The molecule has 0 aliphatic heterocycles. The van der Waals surface area contributed by atoms with E-state index in [1.54, 1.807) is 30.4 Å². The van der Waals surface area contributed by atoms with Gasteiger partial charge in [0.2, 0.25) is 15.9 Å². The van der Waals surface area contributed by atoms with Crippen LogP contribution in [-0.4, -0.2) is 20.9 Å². The number of hydrogen-bond donors (Lipinski definition) is 2. The highest BCUT2D eigenvalue weighted by Crippen LogP contribution is 2.20. The number of rotatable bonds is 6. The van der Waals surface area contributed by atoms with E-state index in [2.05, 4.69) is 10.0 Å². The molecule has 0 atom stereocenters. The number of hydrogen-bond acceptors (Lipinski definition) is 4. The second-order valence-corrected chi connectivity index (χ2v) is 7.66. The molecule has 0 unspecified atom stereocenters. The zero-order valence-electron chi connectivity index (χ0n) is 12.4.